The lowest BCUT2D eigenvalue weighted by molar-refractivity contribution is -0.200. The molecule has 4 aromatic rings. The SMILES string of the molecule is CC1(C)O[C@@H]2[C@H](O1)[C@@H](COC(=O)OCc1ccc3c(c1)C(=O)c1ccccc1C3=O)O[C@H]2n1cnc2c(N)ncnc21. The van der Waals surface area contributed by atoms with E-state index in [1.165, 1.54) is 6.33 Å². The first-order chi connectivity index (χ1) is 20.2. The van der Waals surface area contributed by atoms with Crippen molar-refractivity contribution in [2.24, 2.45) is 0 Å². The van der Waals surface area contributed by atoms with Crippen LogP contribution in [0.15, 0.2) is 55.1 Å². The lowest BCUT2D eigenvalue weighted by atomic mass is 9.83. The highest BCUT2D eigenvalue weighted by molar-refractivity contribution is 6.28. The predicted molar refractivity (Wildman–Crippen MR) is 143 cm³/mol. The largest absolute Gasteiger partial charge is 0.508 e. The van der Waals surface area contributed by atoms with Crippen LogP contribution >= 0.6 is 0 Å². The van der Waals surface area contributed by atoms with Gasteiger partial charge in [-0.1, -0.05) is 30.3 Å². The summed E-state index contributed by atoms with van der Waals surface area (Å²) in [5.74, 6) is -1.14. The van der Waals surface area contributed by atoms with Crippen molar-refractivity contribution in [3.05, 3.63) is 82.9 Å². The first kappa shape index (κ1) is 26.2. The van der Waals surface area contributed by atoms with Crippen molar-refractivity contribution in [3.63, 3.8) is 0 Å². The molecule has 0 radical (unpaired) electrons. The van der Waals surface area contributed by atoms with Gasteiger partial charge < -0.3 is 29.4 Å². The summed E-state index contributed by atoms with van der Waals surface area (Å²) in [4.78, 5) is 50.9. The number of nitrogen functional groups attached to an aromatic ring is 1. The maximum Gasteiger partial charge on any atom is 0.508 e. The van der Waals surface area contributed by atoms with Crippen molar-refractivity contribution in [1.82, 2.24) is 19.5 Å². The Kier molecular flexibility index (Phi) is 6.04. The van der Waals surface area contributed by atoms with Crippen molar-refractivity contribution in [1.29, 1.82) is 0 Å². The first-order valence-electron chi connectivity index (χ1n) is 13.3. The van der Waals surface area contributed by atoms with Gasteiger partial charge in [0, 0.05) is 22.3 Å². The molecule has 4 atom stereocenters. The second kappa shape index (κ2) is 9.69. The molecule has 13 nitrogen and oxygen atoms in total. The smallest absolute Gasteiger partial charge is 0.431 e. The van der Waals surface area contributed by atoms with Crippen molar-refractivity contribution >= 4 is 34.7 Å². The molecule has 0 saturated carbocycles. The van der Waals surface area contributed by atoms with Crippen LogP contribution in [0.3, 0.4) is 0 Å². The molecule has 3 aliphatic rings. The molecular weight excluding hydrogens is 546 g/mol. The van der Waals surface area contributed by atoms with E-state index < -0.39 is 36.5 Å². The Hall–Kier alpha value is -4.72. The van der Waals surface area contributed by atoms with Crippen LogP contribution in [-0.4, -0.2) is 67.9 Å². The zero-order chi connectivity index (χ0) is 29.2. The molecule has 2 saturated heterocycles. The average molecular weight is 572 g/mol. The number of aromatic nitrogens is 4. The van der Waals surface area contributed by atoms with Crippen LogP contribution in [0.4, 0.5) is 10.6 Å². The fourth-order valence-electron chi connectivity index (χ4n) is 5.64. The summed E-state index contributed by atoms with van der Waals surface area (Å²) in [5, 5.41) is 0. The molecule has 4 heterocycles. The molecule has 0 bridgehead atoms. The highest BCUT2D eigenvalue weighted by Gasteiger charge is 2.56. The van der Waals surface area contributed by atoms with Crippen molar-refractivity contribution in [2.75, 3.05) is 12.3 Å². The summed E-state index contributed by atoms with van der Waals surface area (Å²) < 4.78 is 30.8. The van der Waals surface area contributed by atoms with Gasteiger partial charge in [0.2, 0.25) is 0 Å². The van der Waals surface area contributed by atoms with Crippen LogP contribution in [-0.2, 0) is 30.3 Å². The monoisotopic (exact) mass is 571 g/mol. The van der Waals surface area contributed by atoms with E-state index in [1.54, 1.807) is 67.2 Å². The number of ether oxygens (including phenoxy) is 5. The molecule has 0 spiro atoms. The minimum Gasteiger partial charge on any atom is -0.431 e. The Labute approximate surface area is 238 Å². The van der Waals surface area contributed by atoms with Crippen molar-refractivity contribution in [2.45, 2.75) is 50.8 Å². The maximum absolute atomic E-state index is 13.0. The van der Waals surface area contributed by atoms with E-state index in [9.17, 15) is 14.4 Å². The van der Waals surface area contributed by atoms with Gasteiger partial charge in [-0.25, -0.2) is 19.7 Å². The standard InChI is InChI=1S/C29H25N5O8/c1-29(2)41-23-19(40-27(24(23)42-29)34-13-33-20-25(30)31-12-32-26(20)34)11-39-28(37)38-10-14-7-8-17-18(9-14)22(36)16-6-4-3-5-15(16)21(17)35/h3-9,12-13,19,23-24,27H,10-11H2,1-2H3,(H2,30,31,32)/t19-,23-,24-,27-/m1/s1. The molecule has 13 heteroatoms. The normalized spacial score (nSPS) is 23.9. The number of nitrogens with zero attached hydrogens (tertiary/aromatic N) is 4. The Morgan fingerprint density at radius 3 is 2.45 bits per heavy atom. The molecule has 2 fully saturated rings. The van der Waals surface area contributed by atoms with Gasteiger partial charge in [0.25, 0.3) is 0 Å². The molecule has 2 aromatic carbocycles. The second-order valence-corrected chi connectivity index (χ2v) is 10.6. The number of ketones is 2. The summed E-state index contributed by atoms with van der Waals surface area (Å²) in [5.41, 5.74) is 8.67. The van der Waals surface area contributed by atoms with E-state index in [2.05, 4.69) is 15.0 Å². The molecule has 7 rings (SSSR count). The topological polar surface area (TPSA) is 167 Å². The summed E-state index contributed by atoms with van der Waals surface area (Å²) in [6, 6.07) is 11.5. The second-order valence-electron chi connectivity index (χ2n) is 10.6. The summed E-state index contributed by atoms with van der Waals surface area (Å²) in [6.45, 7) is 3.24. The number of hydrogen-bond donors (Lipinski definition) is 1. The van der Waals surface area contributed by atoms with Gasteiger partial charge in [0.15, 0.2) is 35.0 Å². The van der Waals surface area contributed by atoms with Crippen molar-refractivity contribution in [3.8, 4) is 0 Å². The molecule has 2 aliphatic heterocycles. The molecule has 2 N–H and O–H groups in total. The fourth-order valence-corrected chi connectivity index (χ4v) is 5.64. The molecule has 2 aromatic heterocycles. The summed E-state index contributed by atoms with van der Waals surface area (Å²) >= 11 is 0. The molecule has 1 aliphatic carbocycles. The third-order valence-corrected chi connectivity index (χ3v) is 7.50. The number of hydrogen-bond acceptors (Lipinski definition) is 12. The van der Waals surface area contributed by atoms with E-state index in [0.29, 0.717) is 33.4 Å². The molecule has 0 amide bonds. The van der Waals surface area contributed by atoms with Gasteiger partial charge >= 0.3 is 6.16 Å². The summed E-state index contributed by atoms with van der Waals surface area (Å²) in [7, 11) is 0. The Morgan fingerprint density at radius 1 is 0.952 bits per heavy atom. The van der Waals surface area contributed by atoms with Crippen LogP contribution < -0.4 is 5.73 Å². The van der Waals surface area contributed by atoms with E-state index in [4.69, 9.17) is 29.4 Å². The molecule has 0 unspecified atom stereocenters. The van der Waals surface area contributed by atoms with Gasteiger partial charge in [-0.3, -0.25) is 14.2 Å². The third-order valence-electron chi connectivity index (χ3n) is 7.50. The highest BCUT2D eigenvalue weighted by atomic mass is 16.8. The van der Waals surface area contributed by atoms with Gasteiger partial charge in [-0.05, 0) is 31.5 Å². The van der Waals surface area contributed by atoms with Crippen LogP contribution in [0.1, 0.15) is 57.5 Å². The lowest BCUT2D eigenvalue weighted by Gasteiger charge is -2.24. The zero-order valence-corrected chi connectivity index (χ0v) is 22.6. The number of rotatable bonds is 5. The van der Waals surface area contributed by atoms with Crippen LogP contribution in [0.5, 0.6) is 0 Å². The predicted octanol–water partition coefficient (Wildman–Crippen LogP) is 2.95. The number of imidazole rings is 1. The van der Waals surface area contributed by atoms with Crippen LogP contribution in [0.2, 0.25) is 0 Å². The van der Waals surface area contributed by atoms with E-state index in [0.717, 1.165) is 0 Å². The minimum absolute atomic E-state index is 0.162. The fraction of sp³-hybridized carbons (Fsp3) is 0.310. The van der Waals surface area contributed by atoms with E-state index in [1.807, 2.05) is 0 Å². The average Bonchev–Trinajstić information content (AvgIpc) is 3.65. The van der Waals surface area contributed by atoms with Gasteiger partial charge in [-0.15, -0.1) is 0 Å². The number of carbonyl (C=O) groups is 3. The molecular formula is C29H25N5O8. The lowest BCUT2D eigenvalue weighted by Crippen LogP contribution is -2.33. The first-order valence-corrected chi connectivity index (χ1v) is 13.3. The highest BCUT2D eigenvalue weighted by Crippen LogP contribution is 2.44. The summed E-state index contributed by atoms with van der Waals surface area (Å²) in [6.07, 6.45) is -0.514. The number of carbonyl (C=O) groups excluding carboxylic acids is 3. The zero-order valence-electron chi connectivity index (χ0n) is 22.6. The van der Waals surface area contributed by atoms with E-state index >= 15 is 0 Å². The minimum atomic E-state index is -0.934. The maximum atomic E-state index is 13.0. The number of benzene rings is 2. The number of nitrogens with two attached hydrogens (primary N) is 1. The van der Waals surface area contributed by atoms with E-state index in [-0.39, 0.29) is 36.2 Å². The number of anilines is 1. The quantitative estimate of drug-likeness (QED) is 0.307. The van der Waals surface area contributed by atoms with Crippen LogP contribution in [0, 0.1) is 0 Å². The van der Waals surface area contributed by atoms with Gasteiger partial charge in [-0.2, -0.15) is 0 Å². The van der Waals surface area contributed by atoms with Crippen molar-refractivity contribution < 1.29 is 38.1 Å². The Bertz CT molecular complexity index is 1770. The van der Waals surface area contributed by atoms with Gasteiger partial charge in [0.1, 0.15) is 43.4 Å². The Balaban J connectivity index is 1.02. The molecule has 42 heavy (non-hydrogen) atoms. The molecule has 214 valence electrons. The Morgan fingerprint density at radius 2 is 1.67 bits per heavy atom. The third kappa shape index (κ3) is 4.29. The van der Waals surface area contributed by atoms with Gasteiger partial charge in [0.05, 0.1) is 6.33 Å². The van der Waals surface area contributed by atoms with Crippen LogP contribution in [0.25, 0.3) is 11.2 Å². The number of fused-ring (bicyclic) bond motifs is 4.